The van der Waals surface area contributed by atoms with Crippen LogP contribution in [0.1, 0.15) is 25.3 Å². The molecule has 2 saturated heterocycles. The fourth-order valence-corrected chi connectivity index (χ4v) is 4.87. The molecular weight excluding hydrogens is 340 g/mol. The van der Waals surface area contributed by atoms with Crippen molar-refractivity contribution in [1.82, 2.24) is 9.21 Å². The Hall–Kier alpha value is -0.990. The third kappa shape index (κ3) is 4.41. The number of morpholine rings is 1. The average molecular weight is 368 g/mol. The van der Waals surface area contributed by atoms with Crippen LogP contribution >= 0.6 is 0 Å². The van der Waals surface area contributed by atoms with Crippen LogP contribution in [0, 0.1) is 0 Å². The van der Waals surface area contributed by atoms with Gasteiger partial charge in [0.1, 0.15) is 0 Å². The van der Waals surface area contributed by atoms with E-state index in [4.69, 9.17) is 9.47 Å². The molecule has 2 heterocycles. The van der Waals surface area contributed by atoms with E-state index in [-0.39, 0.29) is 5.60 Å². The van der Waals surface area contributed by atoms with Crippen LogP contribution in [0.3, 0.4) is 0 Å². The van der Waals surface area contributed by atoms with Gasteiger partial charge in [0, 0.05) is 39.8 Å². The van der Waals surface area contributed by atoms with E-state index in [1.165, 1.54) is 4.31 Å². The van der Waals surface area contributed by atoms with Crippen LogP contribution in [-0.4, -0.2) is 69.7 Å². The van der Waals surface area contributed by atoms with Crippen LogP contribution in [0.15, 0.2) is 29.2 Å². The molecule has 0 N–H and O–H groups in total. The van der Waals surface area contributed by atoms with Gasteiger partial charge in [-0.2, -0.15) is 4.31 Å². The van der Waals surface area contributed by atoms with Gasteiger partial charge < -0.3 is 9.47 Å². The fraction of sp³-hybridized carbons (Fsp3) is 0.667. The van der Waals surface area contributed by atoms with E-state index in [1.54, 1.807) is 13.2 Å². The molecule has 0 radical (unpaired) electrons. The summed E-state index contributed by atoms with van der Waals surface area (Å²) in [5, 5.41) is 0. The second-order valence-electron chi connectivity index (χ2n) is 7.09. The molecule has 1 aromatic rings. The molecule has 0 saturated carbocycles. The van der Waals surface area contributed by atoms with Crippen LogP contribution in [0.5, 0.6) is 0 Å². The van der Waals surface area contributed by atoms with Gasteiger partial charge in [-0.15, -0.1) is 0 Å². The summed E-state index contributed by atoms with van der Waals surface area (Å²) < 4.78 is 38.0. The highest BCUT2D eigenvalue weighted by atomic mass is 32.2. The third-order valence-corrected chi connectivity index (χ3v) is 7.21. The normalized spacial score (nSPS) is 22.8. The molecule has 7 heteroatoms. The van der Waals surface area contributed by atoms with E-state index in [0.717, 1.165) is 38.0 Å². The monoisotopic (exact) mass is 368 g/mol. The Morgan fingerprint density at radius 2 is 1.84 bits per heavy atom. The second kappa shape index (κ2) is 7.72. The van der Waals surface area contributed by atoms with Crippen LogP contribution in [0.4, 0.5) is 0 Å². The molecule has 6 nitrogen and oxygen atoms in total. The van der Waals surface area contributed by atoms with Gasteiger partial charge in [-0.25, -0.2) is 8.42 Å². The molecule has 0 spiro atoms. The Kier molecular flexibility index (Phi) is 5.80. The van der Waals surface area contributed by atoms with Crippen molar-refractivity contribution < 1.29 is 17.9 Å². The summed E-state index contributed by atoms with van der Waals surface area (Å²) in [6, 6.07) is 7.34. The zero-order valence-corrected chi connectivity index (χ0v) is 15.9. The number of benzene rings is 1. The molecule has 3 rings (SSSR count). The van der Waals surface area contributed by atoms with E-state index >= 15 is 0 Å². The molecule has 25 heavy (non-hydrogen) atoms. The molecular formula is C18H28N2O4S. The first kappa shape index (κ1) is 18.8. The van der Waals surface area contributed by atoms with Crippen molar-refractivity contribution in [2.45, 2.75) is 36.8 Å². The SMILES string of the molecule is COC1(C)CCN(Cc2cccc(S(=O)(=O)N3CCOCC3)c2)CC1. The lowest BCUT2D eigenvalue weighted by Crippen LogP contribution is -2.43. The van der Waals surface area contributed by atoms with Crippen LogP contribution < -0.4 is 0 Å². The zero-order valence-electron chi connectivity index (χ0n) is 15.1. The third-order valence-electron chi connectivity index (χ3n) is 5.32. The van der Waals surface area contributed by atoms with Crippen molar-refractivity contribution in [2.24, 2.45) is 0 Å². The van der Waals surface area contributed by atoms with Crippen molar-refractivity contribution in [1.29, 1.82) is 0 Å². The Morgan fingerprint density at radius 1 is 1.16 bits per heavy atom. The molecule has 0 amide bonds. The van der Waals surface area contributed by atoms with Gasteiger partial charge in [-0.1, -0.05) is 12.1 Å². The van der Waals surface area contributed by atoms with Crippen LogP contribution in [-0.2, 0) is 26.0 Å². The first-order chi connectivity index (χ1) is 11.9. The first-order valence-corrected chi connectivity index (χ1v) is 10.3. The maximum atomic E-state index is 12.8. The smallest absolute Gasteiger partial charge is 0.243 e. The predicted molar refractivity (Wildman–Crippen MR) is 95.9 cm³/mol. The Labute approximate surface area is 150 Å². The van der Waals surface area contributed by atoms with E-state index in [0.29, 0.717) is 31.2 Å². The minimum Gasteiger partial charge on any atom is -0.379 e. The van der Waals surface area contributed by atoms with Gasteiger partial charge in [0.15, 0.2) is 0 Å². The fourth-order valence-electron chi connectivity index (χ4n) is 3.39. The molecule has 0 bridgehead atoms. The number of hydrogen-bond donors (Lipinski definition) is 0. The molecule has 0 aromatic heterocycles. The molecule has 2 fully saturated rings. The van der Waals surface area contributed by atoms with Gasteiger partial charge in [0.25, 0.3) is 0 Å². The molecule has 1 aromatic carbocycles. The topological polar surface area (TPSA) is 59.1 Å². The molecule has 2 aliphatic heterocycles. The second-order valence-corrected chi connectivity index (χ2v) is 9.03. The zero-order chi connectivity index (χ0) is 17.9. The van der Waals surface area contributed by atoms with Crippen molar-refractivity contribution in [3.05, 3.63) is 29.8 Å². The highest BCUT2D eigenvalue weighted by Gasteiger charge is 2.30. The van der Waals surface area contributed by atoms with Crippen molar-refractivity contribution in [3.63, 3.8) is 0 Å². The predicted octanol–water partition coefficient (Wildman–Crippen LogP) is 1.71. The Balaban J connectivity index is 1.68. The lowest BCUT2D eigenvalue weighted by molar-refractivity contribution is -0.0440. The average Bonchev–Trinajstić information content (AvgIpc) is 2.65. The Morgan fingerprint density at radius 3 is 2.48 bits per heavy atom. The largest absolute Gasteiger partial charge is 0.379 e. The lowest BCUT2D eigenvalue weighted by Gasteiger charge is -2.38. The van der Waals surface area contributed by atoms with E-state index in [1.807, 2.05) is 18.2 Å². The summed E-state index contributed by atoms with van der Waals surface area (Å²) in [4.78, 5) is 2.74. The number of hydrogen-bond acceptors (Lipinski definition) is 5. The standard InChI is InChI=1S/C18H28N2O4S/c1-18(23-2)6-8-19(9-7-18)15-16-4-3-5-17(14-16)25(21,22)20-10-12-24-13-11-20/h3-5,14H,6-13,15H2,1-2H3. The maximum Gasteiger partial charge on any atom is 0.243 e. The highest BCUT2D eigenvalue weighted by molar-refractivity contribution is 7.89. The number of methoxy groups -OCH3 is 1. The van der Waals surface area contributed by atoms with Crippen molar-refractivity contribution in [3.8, 4) is 0 Å². The van der Waals surface area contributed by atoms with Gasteiger partial charge in [-0.3, -0.25) is 4.90 Å². The molecule has 0 unspecified atom stereocenters. The summed E-state index contributed by atoms with van der Waals surface area (Å²) in [5.74, 6) is 0. The van der Waals surface area contributed by atoms with Gasteiger partial charge in [-0.05, 0) is 37.5 Å². The van der Waals surface area contributed by atoms with Crippen LogP contribution in [0.2, 0.25) is 0 Å². The van der Waals surface area contributed by atoms with E-state index < -0.39 is 10.0 Å². The summed E-state index contributed by atoms with van der Waals surface area (Å²) in [7, 11) is -1.66. The molecule has 0 aliphatic carbocycles. The highest BCUT2D eigenvalue weighted by Crippen LogP contribution is 2.26. The summed E-state index contributed by atoms with van der Waals surface area (Å²) >= 11 is 0. The summed E-state index contributed by atoms with van der Waals surface area (Å²) in [6.45, 7) is 6.63. The number of ether oxygens (including phenoxy) is 2. The molecule has 2 aliphatic rings. The quantitative estimate of drug-likeness (QED) is 0.792. The summed E-state index contributed by atoms with van der Waals surface area (Å²) in [6.07, 6.45) is 1.99. The molecule has 0 atom stereocenters. The van der Waals surface area contributed by atoms with Gasteiger partial charge in [0.2, 0.25) is 10.0 Å². The van der Waals surface area contributed by atoms with E-state index in [2.05, 4.69) is 11.8 Å². The number of likely N-dealkylation sites (tertiary alicyclic amines) is 1. The number of sulfonamides is 1. The minimum absolute atomic E-state index is 0.0297. The number of nitrogens with zero attached hydrogens (tertiary/aromatic N) is 2. The number of rotatable bonds is 5. The van der Waals surface area contributed by atoms with Crippen molar-refractivity contribution in [2.75, 3.05) is 46.5 Å². The summed E-state index contributed by atoms with van der Waals surface area (Å²) in [5.41, 5.74) is 1.01. The van der Waals surface area contributed by atoms with Crippen molar-refractivity contribution >= 4 is 10.0 Å². The van der Waals surface area contributed by atoms with E-state index in [9.17, 15) is 8.42 Å². The Bertz CT molecular complexity index is 678. The van der Waals surface area contributed by atoms with Gasteiger partial charge >= 0.3 is 0 Å². The van der Waals surface area contributed by atoms with Gasteiger partial charge in [0.05, 0.1) is 23.7 Å². The first-order valence-electron chi connectivity index (χ1n) is 8.87. The minimum atomic E-state index is -3.43. The molecule has 140 valence electrons. The maximum absolute atomic E-state index is 12.8. The van der Waals surface area contributed by atoms with Crippen LogP contribution in [0.25, 0.3) is 0 Å². The lowest BCUT2D eigenvalue weighted by atomic mass is 9.93. The number of piperidine rings is 1.